The zero-order chi connectivity index (χ0) is 10.7. The molecule has 1 aliphatic rings. The van der Waals surface area contributed by atoms with E-state index in [1.165, 1.54) is 32.1 Å². The summed E-state index contributed by atoms with van der Waals surface area (Å²) in [5.74, 6) is 1.75. The number of nitrogens with one attached hydrogen (secondary N) is 1. The fraction of sp³-hybridized carbons (Fsp3) is 0.750. The Balaban J connectivity index is 1.87. The highest BCUT2D eigenvalue weighted by molar-refractivity contribution is 5.49. The Hall–Kier alpha value is -0.990. The van der Waals surface area contributed by atoms with Crippen LogP contribution in [0.4, 0.5) is 5.69 Å². The predicted octanol–water partition coefficient (Wildman–Crippen LogP) is 3.28. The molecule has 15 heavy (non-hydrogen) atoms. The first-order chi connectivity index (χ1) is 7.27. The Kier molecular flexibility index (Phi) is 3.29. The first-order valence-corrected chi connectivity index (χ1v) is 5.94. The number of rotatable bonds is 3. The number of aromatic nitrogens is 1. The van der Waals surface area contributed by atoms with Gasteiger partial charge in [-0.05, 0) is 32.6 Å². The second-order valence-corrected chi connectivity index (χ2v) is 4.58. The largest absolute Gasteiger partial charge is 0.380 e. The van der Waals surface area contributed by atoms with Gasteiger partial charge in [0.2, 0.25) is 0 Å². The van der Waals surface area contributed by atoms with E-state index >= 15 is 0 Å². The molecular formula is C12H20N2O. The number of hydrogen-bond acceptors (Lipinski definition) is 3. The Labute approximate surface area is 91.2 Å². The van der Waals surface area contributed by atoms with Crippen molar-refractivity contribution < 1.29 is 4.52 Å². The van der Waals surface area contributed by atoms with Gasteiger partial charge in [0.05, 0.1) is 0 Å². The van der Waals surface area contributed by atoms with Crippen molar-refractivity contribution in [2.45, 2.75) is 46.0 Å². The van der Waals surface area contributed by atoms with Crippen LogP contribution in [-0.4, -0.2) is 11.7 Å². The smallest absolute Gasteiger partial charge is 0.156 e. The minimum atomic E-state index is 0.840. The molecule has 0 spiro atoms. The summed E-state index contributed by atoms with van der Waals surface area (Å²) in [6.45, 7) is 5.02. The van der Waals surface area contributed by atoms with E-state index in [0.29, 0.717) is 0 Å². The maximum atomic E-state index is 5.12. The van der Waals surface area contributed by atoms with Crippen LogP contribution in [0.15, 0.2) is 4.52 Å². The fourth-order valence-electron chi connectivity index (χ4n) is 2.37. The van der Waals surface area contributed by atoms with Crippen LogP contribution >= 0.6 is 0 Å². The first kappa shape index (κ1) is 10.5. The van der Waals surface area contributed by atoms with Crippen molar-refractivity contribution in [3.05, 3.63) is 11.5 Å². The van der Waals surface area contributed by atoms with Crippen LogP contribution in [0.3, 0.4) is 0 Å². The molecule has 3 heteroatoms. The molecule has 0 atom stereocenters. The summed E-state index contributed by atoms with van der Waals surface area (Å²) in [6, 6.07) is 0. The molecule has 1 aromatic heterocycles. The second-order valence-electron chi connectivity index (χ2n) is 4.58. The molecule has 0 aromatic carbocycles. The highest BCUT2D eigenvalue weighted by Crippen LogP contribution is 2.25. The van der Waals surface area contributed by atoms with Gasteiger partial charge < -0.3 is 9.84 Å². The molecule has 0 bridgehead atoms. The van der Waals surface area contributed by atoms with Gasteiger partial charge >= 0.3 is 0 Å². The molecule has 1 N–H and O–H groups in total. The third-order valence-electron chi connectivity index (χ3n) is 3.33. The summed E-state index contributed by atoms with van der Waals surface area (Å²) in [6.07, 6.45) is 6.95. The maximum absolute atomic E-state index is 5.12. The predicted molar refractivity (Wildman–Crippen MR) is 61.0 cm³/mol. The average Bonchev–Trinajstić information content (AvgIpc) is 2.58. The molecule has 2 rings (SSSR count). The third-order valence-corrected chi connectivity index (χ3v) is 3.33. The summed E-state index contributed by atoms with van der Waals surface area (Å²) < 4.78 is 5.12. The van der Waals surface area contributed by atoms with E-state index in [-0.39, 0.29) is 0 Å². The van der Waals surface area contributed by atoms with Crippen LogP contribution in [0.5, 0.6) is 0 Å². The van der Waals surface area contributed by atoms with Crippen molar-refractivity contribution in [2.24, 2.45) is 5.92 Å². The summed E-state index contributed by atoms with van der Waals surface area (Å²) in [4.78, 5) is 0. The molecule has 84 valence electrons. The summed E-state index contributed by atoms with van der Waals surface area (Å²) >= 11 is 0. The van der Waals surface area contributed by atoms with E-state index in [1.54, 1.807) is 0 Å². The van der Waals surface area contributed by atoms with Crippen molar-refractivity contribution in [3.63, 3.8) is 0 Å². The molecule has 0 unspecified atom stereocenters. The van der Waals surface area contributed by atoms with Gasteiger partial charge in [0, 0.05) is 6.54 Å². The van der Waals surface area contributed by atoms with E-state index < -0.39 is 0 Å². The normalized spacial score (nSPS) is 18.0. The molecule has 3 nitrogen and oxygen atoms in total. The van der Waals surface area contributed by atoms with Gasteiger partial charge in [-0.1, -0.05) is 24.4 Å². The minimum absolute atomic E-state index is 0.840. The quantitative estimate of drug-likeness (QED) is 0.828. The molecular weight excluding hydrogens is 188 g/mol. The van der Waals surface area contributed by atoms with Crippen LogP contribution in [0.25, 0.3) is 0 Å². The highest BCUT2D eigenvalue weighted by Gasteiger charge is 2.15. The van der Waals surface area contributed by atoms with Crippen LogP contribution in [-0.2, 0) is 0 Å². The Bertz CT molecular complexity index is 294. The van der Waals surface area contributed by atoms with Gasteiger partial charge in [0.15, 0.2) is 5.76 Å². The van der Waals surface area contributed by atoms with Crippen LogP contribution < -0.4 is 5.32 Å². The van der Waals surface area contributed by atoms with E-state index in [9.17, 15) is 0 Å². The van der Waals surface area contributed by atoms with Crippen molar-refractivity contribution >= 4 is 5.69 Å². The van der Waals surface area contributed by atoms with Gasteiger partial charge in [-0.3, -0.25) is 0 Å². The summed E-state index contributed by atoms with van der Waals surface area (Å²) in [5, 5.41) is 7.42. The molecule has 1 fully saturated rings. The highest BCUT2D eigenvalue weighted by atomic mass is 16.5. The number of nitrogens with zero attached hydrogens (tertiary/aromatic N) is 1. The maximum Gasteiger partial charge on any atom is 0.156 e. The van der Waals surface area contributed by atoms with Gasteiger partial charge in [0.25, 0.3) is 0 Å². The topological polar surface area (TPSA) is 38.1 Å². The molecule has 1 aliphatic carbocycles. The molecule has 0 radical (unpaired) electrons. The molecule has 1 heterocycles. The van der Waals surface area contributed by atoms with E-state index in [2.05, 4.69) is 10.5 Å². The van der Waals surface area contributed by atoms with E-state index in [1.807, 2.05) is 13.8 Å². The fourth-order valence-corrected chi connectivity index (χ4v) is 2.37. The van der Waals surface area contributed by atoms with Crippen molar-refractivity contribution in [1.82, 2.24) is 5.16 Å². The molecule has 0 aliphatic heterocycles. The lowest BCUT2D eigenvalue weighted by atomic mass is 9.89. The second kappa shape index (κ2) is 4.69. The van der Waals surface area contributed by atoms with Crippen LogP contribution in [0.1, 0.15) is 43.6 Å². The minimum Gasteiger partial charge on any atom is -0.380 e. The van der Waals surface area contributed by atoms with Gasteiger partial charge in [-0.2, -0.15) is 0 Å². The number of hydrogen-bond donors (Lipinski definition) is 1. The first-order valence-electron chi connectivity index (χ1n) is 5.94. The van der Waals surface area contributed by atoms with E-state index in [0.717, 1.165) is 29.6 Å². The Morgan fingerprint density at radius 3 is 2.60 bits per heavy atom. The molecule has 1 saturated carbocycles. The lowest BCUT2D eigenvalue weighted by Gasteiger charge is -2.22. The summed E-state index contributed by atoms with van der Waals surface area (Å²) in [7, 11) is 0. The molecule has 0 amide bonds. The van der Waals surface area contributed by atoms with Crippen molar-refractivity contribution in [3.8, 4) is 0 Å². The SMILES string of the molecule is Cc1noc(C)c1NCC1CCCCC1. The van der Waals surface area contributed by atoms with Gasteiger partial charge in [-0.25, -0.2) is 0 Å². The zero-order valence-corrected chi connectivity index (χ0v) is 9.68. The van der Waals surface area contributed by atoms with E-state index in [4.69, 9.17) is 4.52 Å². The summed E-state index contributed by atoms with van der Waals surface area (Å²) in [5.41, 5.74) is 2.07. The molecule has 0 saturated heterocycles. The standard InChI is InChI=1S/C12H20N2O/c1-9-12(10(2)15-14-9)13-8-11-6-4-3-5-7-11/h11,13H,3-8H2,1-2H3. The number of anilines is 1. The lowest BCUT2D eigenvalue weighted by Crippen LogP contribution is -2.17. The van der Waals surface area contributed by atoms with Gasteiger partial charge in [0.1, 0.15) is 11.4 Å². The molecule has 1 aromatic rings. The lowest BCUT2D eigenvalue weighted by molar-refractivity contribution is 0.373. The monoisotopic (exact) mass is 208 g/mol. The van der Waals surface area contributed by atoms with Gasteiger partial charge in [-0.15, -0.1) is 0 Å². The Morgan fingerprint density at radius 1 is 1.27 bits per heavy atom. The van der Waals surface area contributed by atoms with Crippen molar-refractivity contribution in [2.75, 3.05) is 11.9 Å². The van der Waals surface area contributed by atoms with Crippen molar-refractivity contribution in [1.29, 1.82) is 0 Å². The van der Waals surface area contributed by atoms with Crippen LogP contribution in [0.2, 0.25) is 0 Å². The van der Waals surface area contributed by atoms with Crippen LogP contribution in [0, 0.1) is 19.8 Å². The zero-order valence-electron chi connectivity index (χ0n) is 9.68. The third kappa shape index (κ3) is 2.52. The average molecular weight is 208 g/mol. The number of aryl methyl sites for hydroxylation is 2. The Morgan fingerprint density at radius 2 is 2.00 bits per heavy atom.